The van der Waals surface area contributed by atoms with Crippen LogP contribution in [-0.4, -0.2) is 82.0 Å². The molecule has 1 aromatic carbocycles. The molecule has 0 atom stereocenters. The Labute approximate surface area is 185 Å². The van der Waals surface area contributed by atoms with Crippen molar-refractivity contribution in [2.75, 3.05) is 39.3 Å². The SMILES string of the molecule is CCOC(=O)c1[nH]c(C)c(C(=O)CN2CCN(C(=O)c3n[nH]c4ccccc34)CC2)c1C. The van der Waals surface area contributed by atoms with Crippen LogP contribution in [0.5, 0.6) is 0 Å². The molecule has 1 aliphatic rings. The molecule has 168 valence electrons. The molecule has 1 saturated heterocycles. The summed E-state index contributed by atoms with van der Waals surface area (Å²) >= 11 is 0. The number of amides is 1. The molecule has 3 aromatic rings. The van der Waals surface area contributed by atoms with Crippen LogP contribution in [0, 0.1) is 13.8 Å². The Balaban J connectivity index is 1.39. The van der Waals surface area contributed by atoms with Crippen LogP contribution in [0.3, 0.4) is 0 Å². The average Bonchev–Trinajstić information content (AvgIpc) is 3.34. The highest BCUT2D eigenvalue weighted by Crippen LogP contribution is 2.21. The van der Waals surface area contributed by atoms with Gasteiger partial charge in [0.25, 0.3) is 5.91 Å². The van der Waals surface area contributed by atoms with Crippen molar-refractivity contribution in [3.8, 4) is 0 Å². The Morgan fingerprint density at radius 2 is 1.81 bits per heavy atom. The number of ketones is 1. The molecule has 32 heavy (non-hydrogen) atoms. The number of para-hydroxylation sites is 1. The number of nitrogens with one attached hydrogen (secondary N) is 2. The fourth-order valence-electron chi connectivity index (χ4n) is 4.24. The lowest BCUT2D eigenvalue weighted by molar-refractivity contribution is 0.0518. The van der Waals surface area contributed by atoms with Gasteiger partial charge in [0.1, 0.15) is 5.69 Å². The maximum Gasteiger partial charge on any atom is 0.355 e. The Bertz CT molecular complexity index is 1170. The standard InChI is InChI=1S/C23H27N5O4/c1-4-32-23(31)20-14(2)19(15(3)24-20)18(29)13-27-9-11-28(12-10-27)22(30)21-16-7-5-6-8-17(16)25-26-21/h5-8,24H,4,9-13H2,1-3H3,(H,25,26). The monoisotopic (exact) mass is 437 g/mol. The summed E-state index contributed by atoms with van der Waals surface area (Å²) in [6, 6.07) is 7.55. The lowest BCUT2D eigenvalue weighted by Crippen LogP contribution is -2.50. The Morgan fingerprint density at radius 3 is 2.53 bits per heavy atom. The summed E-state index contributed by atoms with van der Waals surface area (Å²) in [5, 5.41) is 7.91. The van der Waals surface area contributed by atoms with E-state index in [1.165, 1.54) is 0 Å². The molecule has 4 rings (SSSR count). The molecule has 9 heteroatoms. The van der Waals surface area contributed by atoms with E-state index in [4.69, 9.17) is 4.74 Å². The summed E-state index contributed by atoms with van der Waals surface area (Å²) in [6.07, 6.45) is 0. The van der Waals surface area contributed by atoms with Crippen LogP contribution in [-0.2, 0) is 4.74 Å². The van der Waals surface area contributed by atoms with Crippen molar-refractivity contribution in [1.29, 1.82) is 0 Å². The molecule has 0 bridgehead atoms. The second-order valence-electron chi connectivity index (χ2n) is 7.95. The first kappa shape index (κ1) is 21.8. The van der Waals surface area contributed by atoms with E-state index in [9.17, 15) is 14.4 Å². The first-order valence-corrected chi connectivity index (χ1v) is 10.7. The third-order valence-corrected chi connectivity index (χ3v) is 5.90. The molecule has 3 heterocycles. The number of hydrogen-bond acceptors (Lipinski definition) is 6. The van der Waals surface area contributed by atoms with E-state index in [1.807, 2.05) is 29.2 Å². The molecule has 1 fully saturated rings. The van der Waals surface area contributed by atoms with Gasteiger partial charge < -0.3 is 14.6 Å². The Hall–Kier alpha value is -3.46. The first-order chi connectivity index (χ1) is 15.4. The van der Waals surface area contributed by atoms with Gasteiger partial charge in [-0.05, 0) is 32.4 Å². The van der Waals surface area contributed by atoms with Crippen molar-refractivity contribution in [2.24, 2.45) is 0 Å². The third kappa shape index (κ3) is 4.03. The maximum absolute atomic E-state index is 13.0. The largest absolute Gasteiger partial charge is 0.461 e. The molecule has 0 spiro atoms. The number of hydrogen-bond donors (Lipinski definition) is 2. The Morgan fingerprint density at radius 1 is 1.09 bits per heavy atom. The average molecular weight is 438 g/mol. The van der Waals surface area contributed by atoms with Gasteiger partial charge in [0.2, 0.25) is 0 Å². The van der Waals surface area contributed by atoms with Crippen LogP contribution in [0.25, 0.3) is 10.9 Å². The minimum atomic E-state index is -0.454. The minimum Gasteiger partial charge on any atom is -0.461 e. The lowest BCUT2D eigenvalue weighted by Gasteiger charge is -2.34. The summed E-state index contributed by atoms with van der Waals surface area (Å²) in [7, 11) is 0. The van der Waals surface area contributed by atoms with Crippen LogP contribution < -0.4 is 0 Å². The van der Waals surface area contributed by atoms with Crippen molar-refractivity contribution < 1.29 is 19.1 Å². The molecule has 0 saturated carbocycles. The zero-order valence-electron chi connectivity index (χ0n) is 18.5. The highest BCUT2D eigenvalue weighted by Gasteiger charge is 2.28. The van der Waals surface area contributed by atoms with Crippen LogP contribution in [0.1, 0.15) is 49.5 Å². The van der Waals surface area contributed by atoms with Gasteiger partial charge in [0, 0.05) is 42.8 Å². The fourth-order valence-corrected chi connectivity index (χ4v) is 4.24. The number of benzene rings is 1. The second-order valence-corrected chi connectivity index (χ2v) is 7.95. The number of H-pyrrole nitrogens is 2. The van der Waals surface area contributed by atoms with Crippen molar-refractivity contribution in [3.63, 3.8) is 0 Å². The number of aromatic amines is 2. The molecule has 2 N–H and O–H groups in total. The van der Waals surface area contributed by atoms with Crippen LogP contribution >= 0.6 is 0 Å². The number of carbonyl (C=O) groups is 3. The number of aromatic nitrogens is 3. The maximum atomic E-state index is 13.0. The van der Waals surface area contributed by atoms with E-state index < -0.39 is 5.97 Å². The van der Waals surface area contributed by atoms with Gasteiger partial charge in [-0.1, -0.05) is 18.2 Å². The molecule has 1 aliphatic heterocycles. The predicted octanol–water partition coefficient (Wildman–Crippen LogP) is 2.33. The zero-order valence-corrected chi connectivity index (χ0v) is 18.5. The highest BCUT2D eigenvalue weighted by molar-refractivity contribution is 6.05. The quantitative estimate of drug-likeness (QED) is 0.452. The number of Topliss-reactive ketones (excluding diaryl/α,β-unsaturated/α-hetero) is 1. The summed E-state index contributed by atoms with van der Waals surface area (Å²) in [6.45, 7) is 8.01. The fraction of sp³-hybridized carbons (Fsp3) is 0.391. The smallest absolute Gasteiger partial charge is 0.355 e. The van der Waals surface area contributed by atoms with Gasteiger partial charge in [-0.15, -0.1) is 0 Å². The number of ether oxygens (including phenoxy) is 1. The predicted molar refractivity (Wildman–Crippen MR) is 119 cm³/mol. The van der Waals surface area contributed by atoms with E-state index in [-0.39, 0.29) is 24.8 Å². The Kier molecular flexibility index (Phi) is 6.09. The van der Waals surface area contributed by atoms with Crippen LogP contribution in [0.2, 0.25) is 0 Å². The van der Waals surface area contributed by atoms with E-state index in [0.29, 0.717) is 54.4 Å². The lowest BCUT2D eigenvalue weighted by atomic mass is 10.0. The molecule has 0 aliphatic carbocycles. The minimum absolute atomic E-state index is 0.0510. The summed E-state index contributed by atoms with van der Waals surface area (Å²) in [5.41, 5.74) is 3.40. The third-order valence-electron chi connectivity index (χ3n) is 5.90. The number of esters is 1. The molecule has 2 aromatic heterocycles. The highest BCUT2D eigenvalue weighted by atomic mass is 16.5. The number of piperazine rings is 1. The molecular weight excluding hydrogens is 410 g/mol. The second kappa shape index (κ2) is 8.96. The summed E-state index contributed by atoms with van der Waals surface area (Å²) < 4.78 is 5.06. The molecule has 1 amide bonds. The number of nitrogens with zero attached hydrogens (tertiary/aromatic N) is 3. The van der Waals surface area contributed by atoms with Crippen LogP contribution in [0.15, 0.2) is 24.3 Å². The molecule has 0 unspecified atom stereocenters. The van der Waals surface area contributed by atoms with E-state index in [2.05, 4.69) is 15.2 Å². The summed E-state index contributed by atoms with van der Waals surface area (Å²) in [5.74, 6) is -0.611. The van der Waals surface area contributed by atoms with Gasteiger partial charge >= 0.3 is 5.97 Å². The molecule has 0 radical (unpaired) electrons. The molecular formula is C23H27N5O4. The van der Waals surface area contributed by atoms with Crippen LogP contribution in [0.4, 0.5) is 0 Å². The van der Waals surface area contributed by atoms with Crippen molar-refractivity contribution in [1.82, 2.24) is 25.0 Å². The number of rotatable bonds is 6. The number of aryl methyl sites for hydroxylation is 1. The number of carbonyl (C=O) groups excluding carboxylic acids is 3. The first-order valence-electron chi connectivity index (χ1n) is 10.7. The van der Waals surface area contributed by atoms with Gasteiger partial charge in [-0.2, -0.15) is 5.10 Å². The van der Waals surface area contributed by atoms with Gasteiger partial charge in [-0.3, -0.25) is 19.6 Å². The van der Waals surface area contributed by atoms with Crippen molar-refractivity contribution in [3.05, 3.63) is 52.5 Å². The zero-order chi connectivity index (χ0) is 22.8. The number of fused-ring (bicyclic) bond motifs is 1. The van der Waals surface area contributed by atoms with E-state index in [0.717, 1.165) is 10.9 Å². The topological polar surface area (TPSA) is 111 Å². The van der Waals surface area contributed by atoms with Gasteiger partial charge in [0.15, 0.2) is 11.5 Å². The summed E-state index contributed by atoms with van der Waals surface area (Å²) in [4.78, 5) is 44.8. The van der Waals surface area contributed by atoms with Crippen molar-refractivity contribution >= 4 is 28.6 Å². The van der Waals surface area contributed by atoms with Gasteiger partial charge in [-0.25, -0.2) is 4.79 Å². The van der Waals surface area contributed by atoms with Crippen molar-refractivity contribution in [2.45, 2.75) is 20.8 Å². The normalized spacial score (nSPS) is 14.7. The van der Waals surface area contributed by atoms with E-state index >= 15 is 0 Å². The van der Waals surface area contributed by atoms with E-state index in [1.54, 1.807) is 25.7 Å². The van der Waals surface area contributed by atoms with Gasteiger partial charge in [0.05, 0.1) is 18.7 Å². The molecule has 9 nitrogen and oxygen atoms in total.